The SMILES string of the molecule is COc1cccc(CN(CCc2ccccc2)Cc2ccccc2)c1OC.O=C(O)C(=O)O. The minimum Gasteiger partial charge on any atom is -0.493 e. The van der Waals surface area contributed by atoms with Crippen molar-refractivity contribution >= 4 is 11.9 Å². The summed E-state index contributed by atoms with van der Waals surface area (Å²) in [4.78, 5) is 20.7. The lowest BCUT2D eigenvalue weighted by Gasteiger charge is -2.24. The van der Waals surface area contributed by atoms with E-state index in [1.807, 2.05) is 12.1 Å². The lowest BCUT2D eigenvalue weighted by Crippen LogP contribution is -2.25. The van der Waals surface area contributed by atoms with E-state index in [2.05, 4.69) is 71.6 Å². The summed E-state index contributed by atoms with van der Waals surface area (Å²) in [6, 6.07) is 27.3. The Labute approximate surface area is 193 Å². The molecule has 0 amide bonds. The van der Waals surface area contributed by atoms with Gasteiger partial charge in [-0.05, 0) is 23.6 Å². The first-order chi connectivity index (χ1) is 15.9. The van der Waals surface area contributed by atoms with Crippen LogP contribution in [0.4, 0.5) is 0 Å². The minimum absolute atomic E-state index is 0.776. The van der Waals surface area contributed by atoms with Crippen LogP contribution in [0.5, 0.6) is 11.5 Å². The molecule has 174 valence electrons. The first kappa shape index (κ1) is 25.4. The molecule has 0 aliphatic heterocycles. The molecule has 0 spiro atoms. The van der Waals surface area contributed by atoms with E-state index >= 15 is 0 Å². The van der Waals surface area contributed by atoms with Gasteiger partial charge < -0.3 is 19.7 Å². The van der Waals surface area contributed by atoms with E-state index in [9.17, 15) is 0 Å². The molecule has 0 aromatic heterocycles. The fraction of sp³-hybridized carbons (Fsp3) is 0.231. The Morgan fingerprint density at radius 3 is 1.82 bits per heavy atom. The largest absolute Gasteiger partial charge is 0.493 e. The molecular weight excluding hydrogens is 422 g/mol. The van der Waals surface area contributed by atoms with Crippen LogP contribution in [-0.2, 0) is 29.1 Å². The van der Waals surface area contributed by atoms with Crippen LogP contribution in [-0.4, -0.2) is 47.8 Å². The number of nitrogens with zero attached hydrogens (tertiary/aromatic N) is 1. The fourth-order valence-corrected chi connectivity index (χ4v) is 3.31. The molecular formula is C26H29NO6. The number of carboxylic acid groups (broad SMARTS) is 2. The van der Waals surface area contributed by atoms with Crippen LogP contribution in [0.25, 0.3) is 0 Å². The van der Waals surface area contributed by atoms with E-state index in [1.165, 1.54) is 11.1 Å². The number of para-hydroxylation sites is 1. The van der Waals surface area contributed by atoms with Crippen molar-refractivity contribution < 1.29 is 29.3 Å². The first-order valence-electron chi connectivity index (χ1n) is 10.4. The third kappa shape index (κ3) is 8.66. The lowest BCUT2D eigenvalue weighted by atomic mass is 10.1. The highest BCUT2D eigenvalue weighted by molar-refractivity contribution is 6.27. The highest BCUT2D eigenvalue weighted by atomic mass is 16.5. The summed E-state index contributed by atoms with van der Waals surface area (Å²) in [6.45, 7) is 2.68. The van der Waals surface area contributed by atoms with Gasteiger partial charge in [0, 0.05) is 25.2 Å². The molecule has 0 atom stereocenters. The molecule has 3 aromatic carbocycles. The van der Waals surface area contributed by atoms with Crippen LogP contribution in [0.1, 0.15) is 16.7 Å². The third-order valence-corrected chi connectivity index (χ3v) is 4.87. The molecule has 0 unspecified atom stereocenters. The van der Waals surface area contributed by atoms with Gasteiger partial charge in [0.05, 0.1) is 14.2 Å². The summed E-state index contributed by atoms with van der Waals surface area (Å²) < 4.78 is 11.1. The van der Waals surface area contributed by atoms with Crippen molar-refractivity contribution in [1.29, 1.82) is 0 Å². The molecule has 7 nitrogen and oxygen atoms in total. The Bertz CT molecular complexity index is 996. The van der Waals surface area contributed by atoms with Gasteiger partial charge in [-0.25, -0.2) is 9.59 Å². The number of hydrogen-bond acceptors (Lipinski definition) is 5. The van der Waals surface area contributed by atoms with Crippen LogP contribution < -0.4 is 9.47 Å². The number of carbonyl (C=O) groups is 2. The normalized spacial score (nSPS) is 10.2. The van der Waals surface area contributed by atoms with E-state index in [0.29, 0.717) is 0 Å². The van der Waals surface area contributed by atoms with Crippen molar-refractivity contribution in [1.82, 2.24) is 4.90 Å². The van der Waals surface area contributed by atoms with Crippen LogP contribution >= 0.6 is 0 Å². The minimum atomic E-state index is -1.82. The highest BCUT2D eigenvalue weighted by Crippen LogP contribution is 2.31. The second-order valence-electron chi connectivity index (χ2n) is 7.19. The molecule has 0 fully saturated rings. The van der Waals surface area contributed by atoms with Gasteiger partial charge in [0.25, 0.3) is 0 Å². The molecule has 0 radical (unpaired) electrons. The standard InChI is InChI=1S/C24H27NO2.C2H2O4/c1-26-23-15-9-14-22(24(23)27-2)19-25(18-21-12-7-4-8-13-21)17-16-20-10-5-3-6-11-20;3-1(4)2(5)6/h3-15H,16-19H2,1-2H3;(H,3,4)(H,5,6). The summed E-state index contributed by atoms with van der Waals surface area (Å²) in [5.41, 5.74) is 3.81. The van der Waals surface area contributed by atoms with Crippen LogP contribution in [0.15, 0.2) is 78.9 Å². The number of rotatable bonds is 9. The summed E-state index contributed by atoms with van der Waals surface area (Å²) in [5, 5.41) is 14.8. The van der Waals surface area contributed by atoms with Crippen molar-refractivity contribution in [2.45, 2.75) is 19.5 Å². The van der Waals surface area contributed by atoms with Crippen molar-refractivity contribution in [2.24, 2.45) is 0 Å². The monoisotopic (exact) mass is 451 g/mol. The van der Waals surface area contributed by atoms with Gasteiger partial charge >= 0.3 is 11.9 Å². The Hall–Kier alpha value is -3.84. The lowest BCUT2D eigenvalue weighted by molar-refractivity contribution is -0.159. The van der Waals surface area contributed by atoms with Gasteiger partial charge in [-0.15, -0.1) is 0 Å². The Balaban J connectivity index is 0.000000569. The topological polar surface area (TPSA) is 96.3 Å². The molecule has 0 aliphatic rings. The molecule has 3 rings (SSSR count). The van der Waals surface area contributed by atoms with Gasteiger partial charge in [-0.1, -0.05) is 72.8 Å². The molecule has 7 heteroatoms. The summed E-state index contributed by atoms with van der Waals surface area (Å²) in [7, 11) is 3.38. The zero-order valence-corrected chi connectivity index (χ0v) is 18.8. The molecule has 2 N–H and O–H groups in total. The zero-order valence-electron chi connectivity index (χ0n) is 18.8. The van der Waals surface area contributed by atoms with E-state index in [0.717, 1.165) is 43.1 Å². The van der Waals surface area contributed by atoms with Gasteiger partial charge in [0.1, 0.15) is 0 Å². The Morgan fingerprint density at radius 1 is 0.727 bits per heavy atom. The quantitative estimate of drug-likeness (QED) is 0.473. The summed E-state index contributed by atoms with van der Waals surface area (Å²) in [6.07, 6.45) is 1.01. The molecule has 0 bridgehead atoms. The smallest absolute Gasteiger partial charge is 0.414 e. The van der Waals surface area contributed by atoms with Gasteiger partial charge in [0.15, 0.2) is 11.5 Å². The number of hydrogen-bond donors (Lipinski definition) is 2. The van der Waals surface area contributed by atoms with Gasteiger partial charge in [0.2, 0.25) is 0 Å². The summed E-state index contributed by atoms with van der Waals surface area (Å²) in [5.74, 6) is -2.06. The van der Waals surface area contributed by atoms with Crippen LogP contribution in [0, 0.1) is 0 Å². The zero-order chi connectivity index (χ0) is 24.1. The number of aliphatic carboxylic acids is 2. The Kier molecular flexibility index (Phi) is 10.4. The molecule has 0 saturated carbocycles. The van der Waals surface area contributed by atoms with Crippen molar-refractivity contribution in [3.63, 3.8) is 0 Å². The van der Waals surface area contributed by atoms with E-state index in [4.69, 9.17) is 29.3 Å². The fourth-order valence-electron chi connectivity index (χ4n) is 3.31. The molecule has 33 heavy (non-hydrogen) atoms. The predicted octanol–water partition coefficient (Wildman–Crippen LogP) is 4.10. The average Bonchev–Trinajstić information content (AvgIpc) is 2.84. The van der Waals surface area contributed by atoms with Crippen molar-refractivity contribution in [2.75, 3.05) is 20.8 Å². The van der Waals surface area contributed by atoms with E-state index in [1.54, 1.807) is 14.2 Å². The maximum atomic E-state index is 9.10. The Morgan fingerprint density at radius 2 is 1.30 bits per heavy atom. The third-order valence-electron chi connectivity index (χ3n) is 4.87. The first-order valence-corrected chi connectivity index (χ1v) is 10.4. The number of methoxy groups -OCH3 is 2. The predicted molar refractivity (Wildman–Crippen MR) is 126 cm³/mol. The van der Waals surface area contributed by atoms with E-state index in [-0.39, 0.29) is 0 Å². The number of benzene rings is 3. The summed E-state index contributed by atoms with van der Waals surface area (Å²) >= 11 is 0. The second-order valence-corrected chi connectivity index (χ2v) is 7.19. The highest BCUT2D eigenvalue weighted by Gasteiger charge is 2.14. The van der Waals surface area contributed by atoms with Gasteiger partial charge in [-0.2, -0.15) is 0 Å². The molecule has 3 aromatic rings. The molecule has 0 saturated heterocycles. The van der Waals surface area contributed by atoms with E-state index < -0.39 is 11.9 Å². The van der Waals surface area contributed by atoms with Crippen LogP contribution in [0.3, 0.4) is 0 Å². The second kappa shape index (κ2) is 13.5. The maximum Gasteiger partial charge on any atom is 0.414 e. The van der Waals surface area contributed by atoms with Crippen LogP contribution in [0.2, 0.25) is 0 Å². The van der Waals surface area contributed by atoms with Crippen molar-refractivity contribution in [3.8, 4) is 11.5 Å². The van der Waals surface area contributed by atoms with Gasteiger partial charge in [-0.3, -0.25) is 4.90 Å². The number of ether oxygens (including phenoxy) is 2. The molecule has 0 heterocycles. The number of carboxylic acids is 2. The van der Waals surface area contributed by atoms with Crippen molar-refractivity contribution in [3.05, 3.63) is 95.6 Å². The molecule has 0 aliphatic carbocycles. The average molecular weight is 452 g/mol. The maximum absolute atomic E-state index is 9.10.